The Balaban J connectivity index is 2.04. The molecule has 0 amide bonds. The summed E-state index contributed by atoms with van der Waals surface area (Å²) in [6, 6.07) is 8.49. The molecule has 4 rings (SSSR count). The first-order valence-corrected chi connectivity index (χ1v) is 7.81. The Kier molecular flexibility index (Phi) is 3.36. The van der Waals surface area contributed by atoms with Gasteiger partial charge in [-0.2, -0.15) is 0 Å². The molecular formula is C18H17F2NO2. The maximum Gasteiger partial charge on any atom is 0.123 e. The average molecular weight is 317 g/mol. The first-order chi connectivity index (χ1) is 11.1. The van der Waals surface area contributed by atoms with Crippen molar-refractivity contribution in [3.8, 4) is 0 Å². The monoisotopic (exact) mass is 317 g/mol. The fourth-order valence-electron chi connectivity index (χ4n) is 3.77. The third-order valence-corrected chi connectivity index (χ3v) is 4.85. The minimum absolute atomic E-state index is 0.310. The summed E-state index contributed by atoms with van der Waals surface area (Å²) in [7, 11) is 0. The molecule has 2 aromatic carbocycles. The molecule has 3 aromatic rings. The second kappa shape index (κ2) is 5.28. The van der Waals surface area contributed by atoms with Crippen LogP contribution in [0.1, 0.15) is 25.3 Å². The van der Waals surface area contributed by atoms with Crippen LogP contribution in [-0.4, -0.2) is 27.0 Å². The number of fused-ring (bicyclic) bond motifs is 3. The second-order valence-electron chi connectivity index (χ2n) is 6.25. The molecule has 0 bridgehead atoms. The van der Waals surface area contributed by atoms with Crippen LogP contribution in [0.5, 0.6) is 0 Å². The van der Waals surface area contributed by atoms with Crippen molar-refractivity contribution >= 4 is 21.8 Å². The number of rotatable bonds is 1. The van der Waals surface area contributed by atoms with Crippen LogP contribution < -0.4 is 0 Å². The summed E-state index contributed by atoms with van der Waals surface area (Å²) in [4.78, 5) is 0. The lowest BCUT2D eigenvalue weighted by Gasteiger charge is -2.33. The Bertz CT molecular complexity index is 830. The predicted octanol–water partition coefficient (Wildman–Crippen LogP) is 3.52. The highest BCUT2D eigenvalue weighted by molar-refractivity contribution is 6.08. The summed E-state index contributed by atoms with van der Waals surface area (Å²) in [5.41, 5.74) is 1.48. The lowest BCUT2D eigenvalue weighted by molar-refractivity contribution is -0.0375. The first kappa shape index (κ1) is 14.6. The van der Waals surface area contributed by atoms with Gasteiger partial charge < -0.3 is 14.8 Å². The van der Waals surface area contributed by atoms with Gasteiger partial charge in [0.05, 0.1) is 12.1 Å². The van der Waals surface area contributed by atoms with Gasteiger partial charge in [-0.15, -0.1) is 0 Å². The molecule has 3 nitrogen and oxygen atoms in total. The Hall–Kier alpha value is -1.98. The van der Waals surface area contributed by atoms with E-state index in [2.05, 4.69) is 0 Å². The van der Waals surface area contributed by atoms with Gasteiger partial charge >= 0.3 is 0 Å². The maximum absolute atomic E-state index is 13.7. The second-order valence-corrected chi connectivity index (χ2v) is 6.25. The SMILES string of the molecule is O[C@@H]1[C@H](O)CCC[C@H]1n1c2ccc(F)cc2c2cc(F)ccc21. The lowest BCUT2D eigenvalue weighted by Crippen LogP contribution is -2.38. The van der Waals surface area contributed by atoms with Crippen LogP contribution in [0.25, 0.3) is 21.8 Å². The van der Waals surface area contributed by atoms with Crippen LogP contribution in [0.15, 0.2) is 36.4 Å². The van der Waals surface area contributed by atoms with Crippen molar-refractivity contribution in [2.75, 3.05) is 0 Å². The molecule has 0 spiro atoms. The molecule has 1 heterocycles. The van der Waals surface area contributed by atoms with Crippen molar-refractivity contribution in [2.45, 2.75) is 37.5 Å². The van der Waals surface area contributed by atoms with Gasteiger partial charge in [0, 0.05) is 21.8 Å². The average Bonchev–Trinajstić information content (AvgIpc) is 2.83. The highest BCUT2D eigenvalue weighted by atomic mass is 19.1. The Morgan fingerprint density at radius 1 is 0.870 bits per heavy atom. The molecule has 1 aliphatic carbocycles. The van der Waals surface area contributed by atoms with E-state index in [1.54, 1.807) is 12.1 Å². The van der Waals surface area contributed by atoms with Gasteiger partial charge in [-0.3, -0.25) is 0 Å². The Labute approximate surface area is 131 Å². The molecule has 0 radical (unpaired) electrons. The van der Waals surface area contributed by atoms with Crippen LogP contribution in [-0.2, 0) is 0 Å². The number of nitrogens with zero attached hydrogens (tertiary/aromatic N) is 1. The predicted molar refractivity (Wildman–Crippen MR) is 84.3 cm³/mol. The largest absolute Gasteiger partial charge is 0.390 e. The molecular weight excluding hydrogens is 300 g/mol. The lowest BCUT2D eigenvalue weighted by atomic mass is 9.89. The van der Waals surface area contributed by atoms with Crippen molar-refractivity contribution in [3.05, 3.63) is 48.0 Å². The molecule has 1 aliphatic rings. The van der Waals surface area contributed by atoms with Gasteiger partial charge in [0.2, 0.25) is 0 Å². The van der Waals surface area contributed by atoms with Crippen molar-refractivity contribution in [1.82, 2.24) is 4.57 Å². The van der Waals surface area contributed by atoms with Crippen LogP contribution in [0.4, 0.5) is 8.78 Å². The number of aliphatic hydroxyl groups excluding tert-OH is 2. The molecule has 1 fully saturated rings. The van der Waals surface area contributed by atoms with Gasteiger partial charge in [0.25, 0.3) is 0 Å². The summed E-state index contributed by atoms with van der Waals surface area (Å²) in [5.74, 6) is -0.768. The maximum atomic E-state index is 13.7. The normalized spacial score (nSPS) is 25.3. The molecule has 3 atom stereocenters. The fraction of sp³-hybridized carbons (Fsp3) is 0.333. The van der Waals surface area contributed by atoms with Crippen molar-refractivity contribution in [2.24, 2.45) is 0 Å². The van der Waals surface area contributed by atoms with Crippen LogP contribution >= 0.6 is 0 Å². The van der Waals surface area contributed by atoms with Crippen molar-refractivity contribution in [1.29, 1.82) is 0 Å². The van der Waals surface area contributed by atoms with Crippen LogP contribution in [0, 0.1) is 11.6 Å². The van der Waals surface area contributed by atoms with Gasteiger partial charge in [-0.1, -0.05) is 0 Å². The van der Waals surface area contributed by atoms with E-state index in [1.165, 1.54) is 24.3 Å². The summed E-state index contributed by atoms with van der Waals surface area (Å²) < 4.78 is 29.2. The van der Waals surface area contributed by atoms with E-state index in [0.29, 0.717) is 23.6 Å². The number of hydrogen-bond acceptors (Lipinski definition) is 2. The van der Waals surface area contributed by atoms with Crippen LogP contribution in [0.2, 0.25) is 0 Å². The van der Waals surface area contributed by atoms with E-state index >= 15 is 0 Å². The van der Waals surface area contributed by atoms with Gasteiger partial charge in [0.1, 0.15) is 17.7 Å². The van der Waals surface area contributed by atoms with E-state index < -0.39 is 12.2 Å². The number of hydrogen-bond donors (Lipinski definition) is 2. The molecule has 120 valence electrons. The molecule has 2 N–H and O–H groups in total. The summed E-state index contributed by atoms with van der Waals surface area (Å²) >= 11 is 0. The smallest absolute Gasteiger partial charge is 0.123 e. The summed E-state index contributed by atoms with van der Waals surface area (Å²) in [5, 5.41) is 21.6. The van der Waals surface area contributed by atoms with Gasteiger partial charge in [-0.25, -0.2) is 8.78 Å². The topological polar surface area (TPSA) is 45.4 Å². The zero-order chi connectivity index (χ0) is 16.1. The third-order valence-electron chi connectivity index (χ3n) is 4.85. The summed E-state index contributed by atoms with van der Waals surface area (Å²) in [6.07, 6.45) is 0.413. The van der Waals surface area contributed by atoms with E-state index in [0.717, 1.165) is 17.5 Å². The van der Waals surface area contributed by atoms with E-state index in [9.17, 15) is 19.0 Å². The molecule has 1 aromatic heterocycles. The molecule has 0 aliphatic heterocycles. The molecule has 23 heavy (non-hydrogen) atoms. The molecule has 5 heteroatoms. The third kappa shape index (κ3) is 2.23. The zero-order valence-corrected chi connectivity index (χ0v) is 12.4. The number of halogens is 2. The van der Waals surface area contributed by atoms with E-state index in [1.807, 2.05) is 4.57 Å². The standard InChI is InChI=1S/C18H17F2NO2/c19-10-4-6-14-12(8-10)13-9-11(20)5-7-15(13)21(14)16-2-1-3-17(22)18(16)23/h4-9,16-18,22-23H,1-3H2/t16-,17-,18+/m1/s1. The van der Waals surface area contributed by atoms with Crippen molar-refractivity contribution < 1.29 is 19.0 Å². The quantitative estimate of drug-likeness (QED) is 0.721. The zero-order valence-electron chi connectivity index (χ0n) is 12.4. The molecule has 0 saturated heterocycles. The summed E-state index contributed by atoms with van der Waals surface area (Å²) in [6.45, 7) is 0. The Morgan fingerprint density at radius 3 is 2.00 bits per heavy atom. The highest BCUT2D eigenvalue weighted by Crippen LogP contribution is 2.38. The Morgan fingerprint density at radius 2 is 1.43 bits per heavy atom. The molecule has 0 unspecified atom stereocenters. The minimum Gasteiger partial charge on any atom is -0.390 e. The van der Waals surface area contributed by atoms with E-state index in [4.69, 9.17) is 0 Å². The number of aromatic nitrogens is 1. The minimum atomic E-state index is -0.891. The van der Waals surface area contributed by atoms with E-state index in [-0.39, 0.29) is 17.7 Å². The van der Waals surface area contributed by atoms with Crippen LogP contribution in [0.3, 0.4) is 0 Å². The highest BCUT2D eigenvalue weighted by Gasteiger charge is 2.33. The van der Waals surface area contributed by atoms with Crippen molar-refractivity contribution in [3.63, 3.8) is 0 Å². The number of benzene rings is 2. The van der Waals surface area contributed by atoms with Gasteiger partial charge in [0.15, 0.2) is 0 Å². The number of aliphatic hydroxyl groups is 2. The first-order valence-electron chi connectivity index (χ1n) is 7.81. The molecule has 1 saturated carbocycles. The van der Waals surface area contributed by atoms with Gasteiger partial charge in [-0.05, 0) is 55.7 Å². The fourth-order valence-corrected chi connectivity index (χ4v) is 3.77.